The molecular weight excluding hydrogens is 162 g/mol. The molecule has 70 valence electrons. The van der Waals surface area contributed by atoms with Crippen molar-refractivity contribution in [1.29, 1.82) is 0 Å². The van der Waals surface area contributed by atoms with Crippen molar-refractivity contribution in [3.8, 4) is 0 Å². The van der Waals surface area contributed by atoms with E-state index in [1.165, 1.54) is 6.42 Å². The van der Waals surface area contributed by atoms with E-state index in [4.69, 9.17) is 5.73 Å². The standard InChI is InChI=1S/C10H15N3/c1-8-3-5-13(7-8)10-2-4-12-6-9(10)11/h2,4,6,8H,3,5,7,11H2,1H3. The van der Waals surface area contributed by atoms with Gasteiger partial charge in [-0.3, -0.25) is 4.98 Å². The van der Waals surface area contributed by atoms with Crippen molar-refractivity contribution >= 4 is 11.4 Å². The summed E-state index contributed by atoms with van der Waals surface area (Å²) in [6.07, 6.45) is 4.79. The third-order valence-electron chi connectivity index (χ3n) is 2.59. The lowest BCUT2D eigenvalue weighted by Gasteiger charge is -2.19. The smallest absolute Gasteiger partial charge is 0.0738 e. The number of nitrogens with two attached hydrogens (primary N) is 1. The van der Waals surface area contributed by atoms with Gasteiger partial charge in [-0.2, -0.15) is 0 Å². The summed E-state index contributed by atoms with van der Waals surface area (Å²) in [5.41, 5.74) is 7.77. The number of nitrogens with zero attached hydrogens (tertiary/aromatic N) is 2. The van der Waals surface area contributed by atoms with E-state index < -0.39 is 0 Å². The molecule has 2 N–H and O–H groups in total. The molecule has 1 aliphatic rings. The van der Waals surface area contributed by atoms with Crippen LogP contribution >= 0.6 is 0 Å². The van der Waals surface area contributed by atoms with Crippen LogP contribution in [0.2, 0.25) is 0 Å². The molecule has 1 aromatic heterocycles. The summed E-state index contributed by atoms with van der Waals surface area (Å²) in [5.74, 6) is 0.785. The molecular formula is C10H15N3. The van der Waals surface area contributed by atoms with Crippen LogP contribution in [0.15, 0.2) is 18.5 Å². The molecule has 2 heterocycles. The molecule has 1 saturated heterocycles. The molecule has 0 saturated carbocycles. The topological polar surface area (TPSA) is 42.2 Å². The Hall–Kier alpha value is -1.25. The van der Waals surface area contributed by atoms with Gasteiger partial charge in [0.15, 0.2) is 0 Å². The number of rotatable bonds is 1. The lowest BCUT2D eigenvalue weighted by atomic mass is 10.2. The first-order valence-corrected chi connectivity index (χ1v) is 4.72. The van der Waals surface area contributed by atoms with Crippen molar-refractivity contribution in [2.24, 2.45) is 5.92 Å². The molecule has 3 nitrogen and oxygen atoms in total. The van der Waals surface area contributed by atoms with Gasteiger partial charge in [-0.1, -0.05) is 6.92 Å². The van der Waals surface area contributed by atoms with E-state index >= 15 is 0 Å². The van der Waals surface area contributed by atoms with Crippen molar-refractivity contribution < 1.29 is 0 Å². The third kappa shape index (κ3) is 1.59. The first kappa shape index (κ1) is 8.35. The lowest BCUT2D eigenvalue weighted by Crippen LogP contribution is -2.20. The van der Waals surface area contributed by atoms with E-state index in [2.05, 4.69) is 16.8 Å². The number of pyridine rings is 1. The summed E-state index contributed by atoms with van der Waals surface area (Å²) in [6.45, 7) is 4.51. The number of anilines is 2. The maximum absolute atomic E-state index is 5.84. The summed E-state index contributed by atoms with van der Waals surface area (Å²) >= 11 is 0. The van der Waals surface area contributed by atoms with Crippen LogP contribution in [0.3, 0.4) is 0 Å². The molecule has 0 amide bonds. The Morgan fingerprint density at radius 2 is 2.46 bits per heavy atom. The van der Waals surface area contributed by atoms with E-state index in [-0.39, 0.29) is 0 Å². The van der Waals surface area contributed by atoms with Gasteiger partial charge in [-0.25, -0.2) is 0 Å². The van der Waals surface area contributed by atoms with Gasteiger partial charge in [0.1, 0.15) is 0 Å². The zero-order chi connectivity index (χ0) is 9.26. The molecule has 1 fully saturated rings. The molecule has 0 spiro atoms. The fourth-order valence-electron chi connectivity index (χ4n) is 1.84. The van der Waals surface area contributed by atoms with Crippen LogP contribution in [-0.4, -0.2) is 18.1 Å². The highest BCUT2D eigenvalue weighted by molar-refractivity contribution is 5.66. The maximum atomic E-state index is 5.84. The van der Waals surface area contributed by atoms with Gasteiger partial charge in [0.2, 0.25) is 0 Å². The lowest BCUT2D eigenvalue weighted by molar-refractivity contribution is 0.659. The number of nitrogen functional groups attached to an aromatic ring is 1. The van der Waals surface area contributed by atoms with E-state index in [1.807, 2.05) is 6.07 Å². The van der Waals surface area contributed by atoms with Gasteiger partial charge in [0.05, 0.1) is 17.6 Å². The monoisotopic (exact) mass is 177 g/mol. The minimum Gasteiger partial charge on any atom is -0.396 e. The van der Waals surface area contributed by atoms with E-state index in [0.29, 0.717) is 0 Å². The van der Waals surface area contributed by atoms with Gasteiger partial charge >= 0.3 is 0 Å². The molecule has 0 aliphatic carbocycles. The molecule has 0 radical (unpaired) electrons. The van der Waals surface area contributed by atoms with Crippen molar-refractivity contribution in [3.05, 3.63) is 18.5 Å². The quantitative estimate of drug-likeness (QED) is 0.707. The normalized spacial score (nSPS) is 22.2. The Balaban J connectivity index is 2.21. The Bertz CT molecular complexity index is 298. The van der Waals surface area contributed by atoms with Gasteiger partial charge in [-0.05, 0) is 18.4 Å². The summed E-state index contributed by atoms with van der Waals surface area (Å²) in [6, 6.07) is 1.99. The van der Waals surface area contributed by atoms with Crippen LogP contribution in [0, 0.1) is 5.92 Å². The summed E-state index contributed by atoms with van der Waals surface area (Å²) in [4.78, 5) is 6.32. The fraction of sp³-hybridized carbons (Fsp3) is 0.500. The molecule has 13 heavy (non-hydrogen) atoms. The Kier molecular flexibility index (Phi) is 2.08. The van der Waals surface area contributed by atoms with Crippen LogP contribution in [0.5, 0.6) is 0 Å². The minimum atomic E-state index is 0.785. The van der Waals surface area contributed by atoms with Crippen LogP contribution in [0.4, 0.5) is 11.4 Å². The van der Waals surface area contributed by atoms with Crippen molar-refractivity contribution in [2.45, 2.75) is 13.3 Å². The van der Waals surface area contributed by atoms with Crippen LogP contribution in [-0.2, 0) is 0 Å². The first-order chi connectivity index (χ1) is 6.27. The molecule has 1 atom stereocenters. The average molecular weight is 177 g/mol. The Morgan fingerprint density at radius 3 is 3.08 bits per heavy atom. The van der Waals surface area contributed by atoms with Crippen LogP contribution in [0.1, 0.15) is 13.3 Å². The minimum absolute atomic E-state index is 0.785. The first-order valence-electron chi connectivity index (χ1n) is 4.72. The zero-order valence-electron chi connectivity index (χ0n) is 7.90. The van der Waals surface area contributed by atoms with E-state index in [1.54, 1.807) is 12.4 Å². The maximum Gasteiger partial charge on any atom is 0.0738 e. The highest BCUT2D eigenvalue weighted by Crippen LogP contribution is 2.27. The summed E-state index contributed by atoms with van der Waals surface area (Å²) in [5, 5.41) is 0. The Morgan fingerprint density at radius 1 is 1.62 bits per heavy atom. The van der Waals surface area contributed by atoms with Crippen molar-refractivity contribution in [2.75, 3.05) is 23.7 Å². The highest BCUT2D eigenvalue weighted by atomic mass is 15.2. The van der Waals surface area contributed by atoms with Crippen molar-refractivity contribution in [1.82, 2.24) is 4.98 Å². The second kappa shape index (κ2) is 3.24. The predicted molar refractivity (Wildman–Crippen MR) is 54.6 cm³/mol. The van der Waals surface area contributed by atoms with Gasteiger partial charge < -0.3 is 10.6 Å². The van der Waals surface area contributed by atoms with Gasteiger partial charge in [-0.15, -0.1) is 0 Å². The highest BCUT2D eigenvalue weighted by Gasteiger charge is 2.19. The van der Waals surface area contributed by atoms with Gasteiger partial charge in [0.25, 0.3) is 0 Å². The molecule has 1 unspecified atom stereocenters. The second-order valence-corrected chi connectivity index (χ2v) is 3.77. The molecule has 3 heteroatoms. The Labute approximate surface area is 78.6 Å². The fourth-order valence-corrected chi connectivity index (χ4v) is 1.84. The number of aromatic nitrogens is 1. The van der Waals surface area contributed by atoms with Crippen molar-refractivity contribution in [3.63, 3.8) is 0 Å². The molecule has 0 aromatic carbocycles. The number of hydrogen-bond donors (Lipinski definition) is 1. The predicted octanol–water partition coefficient (Wildman–Crippen LogP) is 1.51. The summed E-state index contributed by atoms with van der Waals surface area (Å²) in [7, 11) is 0. The second-order valence-electron chi connectivity index (χ2n) is 3.77. The third-order valence-corrected chi connectivity index (χ3v) is 2.59. The molecule has 2 rings (SSSR count). The zero-order valence-corrected chi connectivity index (χ0v) is 7.90. The van der Waals surface area contributed by atoms with E-state index in [0.717, 1.165) is 30.4 Å². The van der Waals surface area contributed by atoms with Gasteiger partial charge in [0, 0.05) is 19.3 Å². The number of hydrogen-bond acceptors (Lipinski definition) is 3. The molecule has 1 aliphatic heterocycles. The largest absolute Gasteiger partial charge is 0.396 e. The average Bonchev–Trinajstić information content (AvgIpc) is 2.53. The van der Waals surface area contributed by atoms with E-state index in [9.17, 15) is 0 Å². The van der Waals surface area contributed by atoms with Crippen LogP contribution in [0.25, 0.3) is 0 Å². The molecule has 0 bridgehead atoms. The van der Waals surface area contributed by atoms with Crippen LogP contribution < -0.4 is 10.6 Å². The SMILES string of the molecule is CC1CCN(c2ccncc2N)C1. The molecule has 1 aromatic rings. The summed E-state index contributed by atoms with van der Waals surface area (Å²) < 4.78 is 0.